The summed E-state index contributed by atoms with van der Waals surface area (Å²) in [5, 5.41) is 14.3. The summed E-state index contributed by atoms with van der Waals surface area (Å²) in [5.74, 6) is -1.38. The van der Waals surface area contributed by atoms with Crippen LogP contribution in [0.15, 0.2) is 0 Å². The maximum Gasteiger partial charge on any atom is 0.408 e. The molecule has 0 aromatic carbocycles. The summed E-state index contributed by atoms with van der Waals surface area (Å²) >= 11 is 0. The zero-order valence-electron chi connectivity index (χ0n) is 13.2. The lowest BCUT2D eigenvalue weighted by Gasteiger charge is -2.31. The van der Waals surface area contributed by atoms with E-state index >= 15 is 0 Å². The van der Waals surface area contributed by atoms with E-state index in [2.05, 4.69) is 10.6 Å². The number of aliphatic carboxylic acids is 1. The molecule has 0 saturated heterocycles. The van der Waals surface area contributed by atoms with Gasteiger partial charge >= 0.3 is 12.1 Å². The summed E-state index contributed by atoms with van der Waals surface area (Å²) in [7, 11) is 0. The summed E-state index contributed by atoms with van der Waals surface area (Å²) in [6.45, 7) is 8.10. The Kier molecular flexibility index (Phi) is 4.55. The van der Waals surface area contributed by atoms with E-state index in [4.69, 9.17) is 4.74 Å². The predicted octanol–water partition coefficient (Wildman–Crippen LogP) is 1.27. The Hall–Kier alpha value is -1.79. The summed E-state index contributed by atoms with van der Waals surface area (Å²) in [4.78, 5) is 34.6. The molecule has 7 nitrogen and oxygen atoms in total. The van der Waals surface area contributed by atoms with Gasteiger partial charge in [0.2, 0.25) is 5.91 Å². The zero-order valence-corrected chi connectivity index (χ0v) is 13.2. The van der Waals surface area contributed by atoms with Crippen LogP contribution in [0, 0.1) is 5.41 Å². The van der Waals surface area contributed by atoms with Crippen molar-refractivity contribution in [2.45, 2.75) is 58.6 Å². The third kappa shape index (κ3) is 4.34. The first-order valence-electron chi connectivity index (χ1n) is 6.91. The van der Waals surface area contributed by atoms with Gasteiger partial charge in [-0.05, 0) is 47.5 Å². The Morgan fingerprint density at radius 1 is 1.14 bits per heavy atom. The maximum atomic E-state index is 11.9. The highest BCUT2D eigenvalue weighted by molar-refractivity contribution is 5.85. The number of carboxylic acids is 1. The molecular weight excluding hydrogens is 276 g/mol. The molecule has 1 rings (SSSR count). The van der Waals surface area contributed by atoms with Crippen molar-refractivity contribution in [1.82, 2.24) is 10.6 Å². The van der Waals surface area contributed by atoms with Crippen LogP contribution in [0.2, 0.25) is 0 Å². The minimum absolute atomic E-state index is 0.244. The van der Waals surface area contributed by atoms with Crippen LogP contribution in [0.5, 0.6) is 0 Å². The number of carbonyl (C=O) groups excluding carboxylic acids is 2. The smallest absolute Gasteiger partial charge is 0.408 e. The molecule has 1 fully saturated rings. The average molecular weight is 300 g/mol. The van der Waals surface area contributed by atoms with Crippen LogP contribution in [0.4, 0.5) is 4.79 Å². The molecule has 0 aromatic heterocycles. The van der Waals surface area contributed by atoms with Crippen molar-refractivity contribution in [2.24, 2.45) is 5.41 Å². The molecule has 120 valence electrons. The lowest BCUT2D eigenvalue weighted by Crippen LogP contribution is -2.53. The summed E-state index contributed by atoms with van der Waals surface area (Å²) in [6.07, 6.45) is 0.551. The van der Waals surface area contributed by atoms with Gasteiger partial charge in [-0.3, -0.25) is 9.59 Å². The van der Waals surface area contributed by atoms with Gasteiger partial charge in [0.25, 0.3) is 0 Å². The van der Waals surface area contributed by atoms with Crippen molar-refractivity contribution in [3.8, 4) is 0 Å². The largest absolute Gasteiger partial charge is 0.481 e. The second kappa shape index (κ2) is 5.54. The van der Waals surface area contributed by atoms with E-state index in [0.29, 0.717) is 12.8 Å². The van der Waals surface area contributed by atoms with Crippen molar-refractivity contribution in [2.75, 3.05) is 6.54 Å². The normalized spacial score (nSPS) is 16.8. The Labute approximate surface area is 124 Å². The number of hydrogen-bond acceptors (Lipinski definition) is 4. The van der Waals surface area contributed by atoms with Crippen molar-refractivity contribution >= 4 is 18.0 Å². The fraction of sp³-hybridized carbons (Fsp3) is 0.786. The lowest BCUT2D eigenvalue weighted by molar-refractivity contribution is -0.149. The molecule has 0 unspecified atom stereocenters. The zero-order chi connectivity index (χ0) is 16.5. The fourth-order valence-electron chi connectivity index (χ4n) is 2.01. The molecule has 2 amide bonds. The molecule has 0 spiro atoms. The number of nitrogens with one attached hydrogen (secondary N) is 2. The van der Waals surface area contributed by atoms with Gasteiger partial charge in [0.1, 0.15) is 12.1 Å². The summed E-state index contributed by atoms with van der Waals surface area (Å²) in [5.41, 5.74) is -2.41. The second-order valence-corrected chi connectivity index (χ2v) is 6.92. The van der Waals surface area contributed by atoms with Crippen molar-refractivity contribution in [3.63, 3.8) is 0 Å². The number of carboxylic acid groups (broad SMARTS) is 1. The van der Waals surface area contributed by atoms with Gasteiger partial charge < -0.3 is 20.5 Å². The first-order valence-corrected chi connectivity index (χ1v) is 6.91. The Balaban J connectivity index is 2.49. The molecule has 1 saturated carbocycles. The van der Waals surface area contributed by atoms with E-state index in [1.165, 1.54) is 0 Å². The molecule has 0 atom stereocenters. The third-order valence-corrected chi connectivity index (χ3v) is 3.65. The number of alkyl carbamates (subject to hydrolysis) is 1. The molecule has 0 heterocycles. The third-order valence-electron chi connectivity index (χ3n) is 3.65. The number of ether oxygens (including phenoxy) is 1. The van der Waals surface area contributed by atoms with E-state index in [-0.39, 0.29) is 6.54 Å². The number of carbonyl (C=O) groups is 3. The maximum absolute atomic E-state index is 11.9. The first-order chi connectivity index (χ1) is 9.40. The Morgan fingerprint density at radius 3 is 2.05 bits per heavy atom. The van der Waals surface area contributed by atoms with Gasteiger partial charge in [0.05, 0.1) is 11.0 Å². The van der Waals surface area contributed by atoms with Crippen LogP contribution in [-0.2, 0) is 14.3 Å². The minimum atomic E-state index is -1.05. The predicted molar refractivity (Wildman–Crippen MR) is 75.8 cm³/mol. The molecule has 0 aliphatic heterocycles. The first kappa shape index (κ1) is 17.3. The van der Waals surface area contributed by atoms with Gasteiger partial charge in [-0.1, -0.05) is 0 Å². The molecule has 1 aliphatic rings. The summed E-state index contributed by atoms with van der Waals surface area (Å²) in [6, 6.07) is 0. The molecule has 1 aliphatic carbocycles. The van der Waals surface area contributed by atoms with Gasteiger partial charge in [-0.2, -0.15) is 0 Å². The molecule has 7 heteroatoms. The molecule has 3 N–H and O–H groups in total. The van der Waals surface area contributed by atoms with Crippen molar-refractivity contribution in [1.29, 1.82) is 0 Å². The van der Waals surface area contributed by atoms with E-state index in [9.17, 15) is 19.5 Å². The number of hydrogen-bond donors (Lipinski definition) is 3. The monoisotopic (exact) mass is 300 g/mol. The number of rotatable bonds is 5. The van der Waals surface area contributed by atoms with E-state index in [0.717, 1.165) is 0 Å². The molecular formula is C14H24N2O5. The second-order valence-electron chi connectivity index (χ2n) is 6.92. The van der Waals surface area contributed by atoms with Gasteiger partial charge in [0.15, 0.2) is 0 Å². The van der Waals surface area contributed by atoms with Gasteiger partial charge in [0, 0.05) is 0 Å². The highest BCUT2D eigenvalue weighted by Gasteiger charge is 2.59. The molecule has 21 heavy (non-hydrogen) atoms. The van der Waals surface area contributed by atoms with E-state index in [1.54, 1.807) is 34.6 Å². The molecule has 0 radical (unpaired) electrons. The van der Waals surface area contributed by atoms with Gasteiger partial charge in [-0.25, -0.2) is 4.79 Å². The Bertz CT molecular complexity index is 447. The Morgan fingerprint density at radius 2 is 1.67 bits per heavy atom. The molecule has 0 bridgehead atoms. The lowest BCUT2D eigenvalue weighted by atomic mass is 9.82. The van der Waals surface area contributed by atoms with Crippen LogP contribution >= 0.6 is 0 Å². The van der Waals surface area contributed by atoms with Gasteiger partial charge in [-0.15, -0.1) is 0 Å². The van der Waals surface area contributed by atoms with Crippen molar-refractivity contribution < 1.29 is 24.2 Å². The standard InChI is InChI=1S/C14H24N2O5/c1-12(2,3)21-11(20)15-8-9(17)16-14(6-7-14)13(4,5)10(18)19/h6-8H2,1-5H3,(H,15,20)(H,16,17)(H,18,19). The minimum Gasteiger partial charge on any atom is -0.481 e. The highest BCUT2D eigenvalue weighted by Crippen LogP contribution is 2.49. The summed E-state index contributed by atoms with van der Waals surface area (Å²) < 4.78 is 5.02. The SMILES string of the molecule is CC(C)(C)OC(=O)NCC(=O)NC1(C(C)(C)C(=O)O)CC1. The fourth-order valence-corrected chi connectivity index (χ4v) is 2.01. The molecule has 0 aromatic rings. The topological polar surface area (TPSA) is 105 Å². The van der Waals surface area contributed by atoms with Crippen LogP contribution in [-0.4, -0.2) is 40.8 Å². The highest BCUT2D eigenvalue weighted by atomic mass is 16.6. The quantitative estimate of drug-likeness (QED) is 0.709. The van der Waals surface area contributed by atoms with Crippen LogP contribution in [0.25, 0.3) is 0 Å². The van der Waals surface area contributed by atoms with E-state index < -0.39 is 34.5 Å². The van der Waals surface area contributed by atoms with Crippen LogP contribution in [0.1, 0.15) is 47.5 Å². The van der Waals surface area contributed by atoms with Crippen LogP contribution < -0.4 is 10.6 Å². The van der Waals surface area contributed by atoms with Crippen molar-refractivity contribution in [3.05, 3.63) is 0 Å². The number of amides is 2. The van der Waals surface area contributed by atoms with E-state index in [1.807, 2.05) is 0 Å². The van der Waals surface area contributed by atoms with Crippen LogP contribution in [0.3, 0.4) is 0 Å². The average Bonchev–Trinajstić information content (AvgIpc) is 3.05.